The predicted molar refractivity (Wildman–Crippen MR) is 169 cm³/mol. The number of aliphatic hydroxyl groups excluding tert-OH is 1. The molecule has 1 aliphatic carbocycles. The van der Waals surface area contributed by atoms with Crippen molar-refractivity contribution in [3.05, 3.63) is 87.0 Å². The number of piperidine rings is 1. The first-order chi connectivity index (χ1) is 21.3. The molecule has 2 fully saturated rings. The lowest BCUT2D eigenvalue weighted by molar-refractivity contribution is 0.0903. The Bertz CT molecular complexity index is 1740. The minimum Gasteiger partial charge on any atom is -0.388 e. The second-order valence-electron chi connectivity index (χ2n) is 12.0. The molecule has 6 rings (SSSR count). The molecule has 4 heterocycles. The maximum atomic E-state index is 13.5. The molecule has 0 atom stereocenters. The van der Waals surface area contributed by atoms with Crippen molar-refractivity contribution in [3.8, 4) is 0 Å². The molecular formula is C34H38N6O4. The van der Waals surface area contributed by atoms with Gasteiger partial charge < -0.3 is 10.4 Å². The Hall–Kier alpha value is -4.28. The minimum absolute atomic E-state index is 0.0263. The van der Waals surface area contributed by atoms with Crippen LogP contribution in [0.2, 0.25) is 0 Å². The molecule has 44 heavy (non-hydrogen) atoms. The van der Waals surface area contributed by atoms with Crippen molar-refractivity contribution in [2.45, 2.75) is 70.9 Å². The van der Waals surface area contributed by atoms with Crippen molar-refractivity contribution in [2.75, 3.05) is 25.0 Å². The van der Waals surface area contributed by atoms with E-state index in [1.807, 2.05) is 24.4 Å². The van der Waals surface area contributed by atoms with Gasteiger partial charge in [0.1, 0.15) is 18.1 Å². The van der Waals surface area contributed by atoms with Gasteiger partial charge in [0.25, 0.3) is 5.56 Å². The van der Waals surface area contributed by atoms with E-state index in [9.17, 15) is 14.4 Å². The van der Waals surface area contributed by atoms with Crippen molar-refractivity contribution in [2.24, 2.45) is 0 Å². The first-order valence-electron chi connectivity index (χ1n) is 15.4. The fourth-order valence-corrected chi connectivity index (χ4v) is 6.71. The molecule has 0 spiro atoms. The van der Waals surface area contributed by atoms with Crippen LogP contribution in [0.3, 0.4) is 0 Å². The number of anilines is 2. The standard InChI is InChI=1S/C34H38N6O4/c1-21-28-18-36-34(38-32(28)40(27-5-3-4-6-27)33(44)31(21)22(2)42)37-30-12-11-26(17-35-30)24-13-15-39(16-14-24)19-23-7-9-25(10-8-23)29(43)20-41/h7-12,17-18,24,27,41H,3-6,13-16,19-20H2,1-2H3,(H,35,36,37,38). The van der Waals surface area contributed by atoms with Crippen molar-refractivity contribution in [3.63, 3.8) is 0 Å². The number of Topliss-reactive ketones (excluding diaryl/α,β-unsaturated/α-hetero) is 2. The average Bonchev–Trinajstić information content (AvgIpc) is 3.56. The molecular weight excluding hydrogens is 556 g/mol. The molecule has 1 aromatic carbocycles. The maximum Gasteiger partial charge on any atom is 0.263 e. The summed E-state index contributed by atoms with van der Waals surface area (Å²) in [6.07, 6.45) is 9.57. The van der Waals surface area contributed by atoms with Gasteiger partial charge in [0.2, 0.25) is 5.95 Å². The van der Waals surface area contributed by atoms with Gasteiger partial charge in [-0.3, -0.25) is 23.9 Å². The Labute approximate surface area is 256 Å². The lowest BCUT2D eigenvalue weighted by Crippen LogP contribution is -2.32. The number of aryl methyl sites for hydroxylation is 1. The lowest BCUT2D eigenvalue weighted by Gasteiger charge is -2.32. The SMILES string of the molecule is CC(=O)c1c(C)c2cnc(Nc3ccc(C4CCN(Cc5ccc(C(=O)CO)cc5)CC4)cn3)nc2n(C2CCCC2)c1=O. The third kappa shape index (κ3) is 6.05. The summed E-state index contributed by atoms with van der Waals surface area (Å²) in [5.74, 6) is 0.915. The van der Waals surface area contributed by atoms with Crippen LogP contribution in [0.4, 0.5) is 11.8 Å². The van der Waals surface area contributed by atoms with Crippen LogP contribution in [0.1, 0.15) is 94.8 Å². The highest BCUT2D eigenvalue weighted by Crippen LogP contribution is 2.32. The molecule has 1 saturated heterocycles. The summed E-state index contributed by atoms with van der Waals surface area (Å²) in [5, 5.41) is 13.0. The predicted octanol–water partition coefficient (Wildman–Crippen LogP) is 5.11. The van der Waals surface area contributed by atoms with Crippen LogP contribution < -0.4 is 10.9 Å². The molecule has 10 heteroatoms. The van der Waals surface area contributed by atoms with Gasteiger partial charge in [-0.15, -0.1) is 0 Å². The smallest absolute Gasteiger partial charge is 0.263 e. The van der Waals surface area contributed by atoms with E-state index in [0.29, 0.717) is 34.5 Å². The normalized spacial score (nSPS) is 16.4. The number of aliphatic hydroxyl groups is 1. The topological polar surface area (TPSA) is 130 Å². The molecule has 10 nitrogen and oxygen atoms in total. The zero-order valence-electron chi connectivity index (χ0n) is 25.3. The number of carbonyl (C=O) groups excluding carboxylic acids is 2. The molecule has 3 aromatic heterocycles. The fraction of sp³-hybridized carbons (Fsp3) is 0.412. The number of hydrogen-bond acceptors (Lipinski definition) is 9. The lowest BCUT2D eigenvalue weighted by atomic mass is 9.90. The fourth-order valence-electron chi connectivity index (χ4n) is 6.71. The molecule has 0 bridgehead atoms. The van der Waals surface area contributed by atoms with E-state index in [-0.39, 0.29) is 28.7 Å². The first-order valence-corrected chi connectivity index (χ1v) is 15.4. The molecule has 0 unspecified atom stereocenters. The van der Waals surface area contributed by atoms with Crippen molar-refractivity contribution in [1.29, 1.82) is 0 Å². The van der Waals surface area contributed by atoms with Gasteiger partial charge in [-0.25, -0.2) is 9.97 Å². The molecule has 1 aliphatic heterocycles. The van der Waals surface area contributed by atoms with Crippen LogP contribution in [0, 0.1) is 6.92 Å². The van der Waals surface area contributed by atoms with Gasteiger partial charge in [0, 0.05) is 35.9 Å². The summed E-state index contributed by atoms with van der Waals surface area (Å²) in [5.41, 5.74) is 4.03. The van der Waals surface area contributed by atoms with Crippen LogP contribution >= 0.6 is 0 Å². The third-order valence-electron chi connectivity index (χ3n) is 9.16. The van der Waals surface area contributed by atoms with Crippen LogP contribution in [0.25, 0.3) is 11.0 Å². The summed E-state index contributed by atoms with van der Waals surface area (Å²) in [7, 11) is 0. The quantitative estimate of drug-likeness (QED) is 0.254. The molecule has 2 N–H and O–H groups in total. The monoisotopic (exact) mass is 594 g/mol. The van der Waals surface area contributed by atoms with Gasteiger partial charge in [-0.05, 0) is 81.3 Å². The number of nitrogens with zero attached hydrogens (tertiary/aromatic N) is 5. The summed E-state index contributed by atoms with van der Waals surface area (Å²) in [4.78, 5) is 53.9. The number of rotatable bonds is 9. The van der Waals surface area contributed by atoms with E-state index in [4.69, 9.17) is 10.1 Å². The number of ketones is 2. The van der Waals surface area contributed by atoms with E-state index in [1.54, 1.807) is 29.8 Å². The van der Waals surface area contributed by atoms with Crippen molar-refractivity contribution < 1.29 is 14.7 Å². The maximum absolute atomic E-state index is 13.5. The van der Waals surface area contributed by atoms with Gasteiger partial charge in [0.05, 0.1) is 5.56 Å². The number of carbonyl (C=O) groups is 2. The number of nitrogens with one attached hydrogen (secondary N) is 1. The van der Waals surface area contributed by atoms with Crippen LogP contribution in [-0.2, 0) is 6.54 Å². The van der Waals surface area contributed by atoms with Gasteiger partial charge in [-0.2, -0.15) is 4.98 Å². The van der Waals surface area contributed by atoms with E-state index >= 15 is 0 Å². The zero-order valence-corrected chi connectivity index (χ0v) is 25.3. The number of likely N-dealkylation sites (tertiary alicyclic amines) is 1. The number of benzene rings is 1. The van der Waals surface area contributed by atoms with E-state index < -0.39 is 6.61 Å². The number of fused-ring (bicyclic) bond motifs is 1. The Morgan fingerprint density at radius 2 is 1.70 bits per heavy atom. The number of pyridine rings is 2. The van der Waals surface area contributed by atoms with Gasteiger partial charge in [-0.1, -0.05) is 43.2 Å². The first kappa shape index (κ1) is 29.8. The molecule has 0 radical (unpaired) electrons. The Morgan fingerprint density at radius 3 is 2.34 bits per heavy atom. The zero-order chi connectivity index (χ0) is 30.8. The summed E-state index contributed by atoms with van der Waals surface area (Å²) < 4.78 is 1.72. The summed E-state index contributed by atoms with van der Waals surface area (Å²) in [6, 6.07) is 11.6. The second-order valence-corrected chi connectivity index (χ2v) is 12.0. The Balaban J connectivity index is 1.13. The molecule has 1 saturated carbocycles. The molecule has 4 aromatic rings. The number of aromatic nitrogens is 4. The van der Waals surface area contributed by atoms with Crippen LogP contribution in [0.15, 0.2) is 53.6 Å². The molecule has 2 aliphatic rings. The van der Waals surface area contributed by atoms with Crippen LogP contribution in [-0.4, -0.2) is 60.8 Å². The number of hydrogen-bond donors (Lipinski definition) is 2. The van der Waals surface area contributed by atoms with E-state index in [2.05, 4.69) is 26.3 Å². The summed E-state index contributed by atoms with van der Waals surface area (Å²) >= 11 is 0. The summed E-state index contributed by atoms with van der Waals surface area (Å²) in [6.45, 7) is 5.54. The van der Waals surface area contributed by atoms with E-state index in [0.717, 1.165) is 69.1 Å². The second kappa shape index (κ2) is 12.8. The van der Waals surface area contributed by atoms with Crippen molar-refractivity contribution in [1.82, 2.24) is 24.4 Å². The average molecular weight is 595 g/mol. The minimum atomic E-state index is -0.469. The van der Waals surface area contributed by atoms with E-state index in [1.165, 1.54) is 12.5 Å². The van der Waals surface area contributed by atoms with Gasteiger partial charge in [0.15, 0.2) is 11.6 Å². The van der Waals surface area contributed by atoms with Crippen LogP contribution in [0.5, 0.6) is 0 Å². The Morgan fingerprint density at radius 1 is 0.977 bits per heavy atom. The molecule has 0 amide bonds. The molecule has 228 valence electrons. The third-order valence-corrected chi connectivity index (χ3v) is 9.16. The van der Waals surface area contributed by atoms with Gasteiger partial charge >= 0.3 is 0 Å². The highest BCUT2D eigenvalue weighted by Gasteiger charge is 2.26. The Kier molecular flexibility index (Phi) is 8.63. The highest BCUT2D eigenvalue weighted by atomic mass is 16.3. The van der Waals surface area contributed by atoms with Crippen molar-refractivity contribution >= 4 is 34.4 Å². The highest BCUT2D eigenvalue weighted by molar-refractivity contribution is 5.99. The largest absolute Gasteiger partial charge is 0.388 e.